The lowest BCUT2D eigenvalue weighted by Crippen LogP contribution is -2.15. The summed E-state index contributed by atoms with van der Waals surface area (Å²) in [5, 5.41) is 0. The number of rotatable bonds is 4. The second kappa shape index (κ2) is 4.84. The molecule has 1 aliphatic heterocycles. The molecule has 16 heavy (non-hydrogen) atoms. The lowest BCUT2D eigenvalue weighted by atomic mass is 10.1. The molecule has 84 valence electrons. The topological polar surface area (TPSA) is 35.5 Å². The van der Waals surface area contributed by atoms with Crippen molar-refractivity contribution in [3.63, 3.8) is 0 Å². The molecule has 0 unspecified atom stereocenters. The molecule has 0 aromatic heterocycles. The van der Waals surface area contributed by atoms with Gasteiger partial charge >= 0.3 is 0 Å². The Balaban J connectivity index is 2.05. The fourth-order valence-electron chi connectivity index (χ4n) is 1.61. The highest BCUT2D eigenvalue weighted by molar-refractivity contribution is 5.89. The quantitative estimate of drug-likeness (QED) is 0.726. The minimum absolute atomic E-state index is 0.0647. The van der Waals surface area contributed by atoms with E-state index in [1.807, 2.05) is 18.2 Å². The van der Waals surface area contributed by atoms with Crippen molar-refractivity contribution in [1.29, 1.82) is 0 Å². The van der Waals surface area contributed by atoms with Crippen LogP contribution in [0.15, 0.2) is 30.9 Å². The average molecular weight is 218 g/mol. The molecule has 1 heterocycles. The molecule has 0 N–H and O–H groups in total. The molecule has 0 bridgehead atoms. The molecular formula is C13H14O3. The summed E-state index contributed by atoms with van der Waals surface area (Å²) in [4.78, 5) is 11.1. The predicted octanol–water partition coefficient (Wildman–Crippen LogP) is 2.15. The number of fused-ring (bicyclic) bond motifs is 1. The summed E-state index contributed by atoms with van der Waals surface area (Å²) >= 11 is 0. The van der Waals surface area contributed by atoms with Crippen LogP contribution in [0.4, 0.5) is 0 Å². The normalized spacial score (nSPS) is 13.2. The monoisotopic (exact) mass is 218 g/mol. The third-order valence-corrected chi connectivity index (χ3v) is 2.49. The van der Waals surface area contributed by atoms with Gasteiger partial charge in [-0.05, 0) is 30.2 Å². The van der Waals surface area contributed by atoms with Crippen molar-refractivity contribution in [2.75, 3.05) is 13.2 Å². The zero-order valence-electron chi connectivity index (χ0n) is 9.07. The summed E-state index contributed by atoms with van der Waals surface area (Å²) < 4.78 is 10.9. The molecule has 1 aromatic carbocycles. The van der Waals surface area contributed by atoms with E-state index in [4.69, 9.17) is 9.47 Å². The van der Waals surface area contributed by atoms with Crippen molar-refractivity contribution in [3.8, 4) is 11.5 Å². The van der Waals surface area contributed by atoms with Crippen molar-refractivity contribution >= 4 is 5.78 Å². The number of allylic oxidation sites excluding steroid dienone is 1. The number of carbonyl (C=O) groups is 1. The Kier molecular flexibility index (Phi) is 3.25. The Morgan fingerprint density at radius 2 is 2.06 bits per heavy atom. The summed E-state index contributed by atoms with van der Waals surface area (Å²) in [6.45, 7) is 4.63. The SMILES string of the molecule is C=CC(=O)CCc1ccc2c(c1)OCCO2. The second-order valence-corrected chi connectivity index (χ2v) is 3.65. The molecule has 1 aromatic rings. The molecule has 0 saturated carbocycles. The van der Waals surface area contributed by atoms with Gasteiger partial charge < -0.3 is 9.47 Å². The molecule has 0 saturated heterocycles. The van der Waals surface area contributed by atoms with Crippen molar-refractivity contribution < 1.29 is 14.3 Å². The minimum Gasteiger partial charge on any atom is -0.486 e. The Morgan fingerprint density at radius 3 is 2.81 bits per heavy atom. The van der Waals surface area contributed by atoms with Gasteiger partial charge in [0.05, 0.1) is 0 Å². The minimum atomic E-state index is 0.0647. The Labute approximate surface area is 94.7 Å². The van der Waals surface area contributed by atoms with Gasteiger partial charge in [0.25, 0.3) is 0 Å². The van der Waals surface area contributed by atoms with E-state index in [0.717, 1.165) is 17.1 Å². The van der Waals surface area contributed by atoms with E-state index in [0.29, 0.717) is 26.1 Å². The van der Waals surface area contributed by atoms with Crippen molar-refractivity contribution in [2.24, 2.45) is 0 Å². The highest BCUT2D eigenvalue weighted by Gasteiger charge is 2.11. The zero-order valence-corrected chi connectivity index (χ0v) is 9.07. The highest BCUT2D eigenvalue weighted by Crippen LogP contribution is 2.30. The first-order valence-corrected chi connectivity index (χ1v) is 5.33. The first-order valence-electron chi connectivity index (χ1n) is 5.33. The number of hydrogen-bond acceptors (Lipinski definition) is 3. The Hall–Kier alpha value is -1.77. The molecule has 0 radical (unpaired) electrons. The number of hydrogen-bond donors (Lipinski definition) is 0. The van der Waals surface area contributed by atoms with E-state index in [2.05, 4.69) is 6.58 Å². The van der Waals surface area contributed by atoms with Gasteiger partial charge in [-0.1, -0.05) is 12.6 Å². The lowest BCUT2D eigenvalue weighted by molar-refractivity contribution is -0.114. The van der Waals surface area contributed by atoms with Crippen LogP contribution in [0.3, 0.4) is 0 Å². The second-order valence-electron chi connectivity index (χ2n) is 3.65. The first-order chi connectivity index (χ1) is 7.79. The van der Waals surface area contributed by atoms with Gasteiger partial charge in [-0.2, -0.15) is 0 Å². The summed E-state index contributed by atoms with van der Waals surface area (Å²) in [6.07, 6.45) is 2.56. The van der Waals surface area contributed by atoms with Gasteiger partial charge in [0.15, 0.2) is 17.3 Å². The van der Waals surface area contributed by atoms with E-state index >= 15 is 0 Å². The molecule has 0 spiro atoms. The van der Waals surface area contributed by atoms with Gasteiger partial charge in [-0.15, -0.1) is 0 Å². The number of ether oxygens (including phenoxy) is 2. The Bertz CT molecular complexity index is 410. The largest absolute Gasteiger partial charge is 0.486 e. The van der Waals surface area contributed by atoms with Gasteiger partial charge in [0, 0.05) is 6.42 Å². The molecule has 0 atom stereocenters. The maximum atomic E-state index is 11.1. The molecule has 0 fully saturated rings. The maximum Gasteiger partial charge on any atom is 0.161 e. The maximum absolute atomic E-state index is 11.1. The lowest BCUT2D eigenvalue weighted by Gasteiger charge is -2.18. The van der Waals surface area contributed by atoms with Gasteiger partial charge in [0.1, 0.15) is 13.2 Å². The summed E-state index contributed by atoms with van der Waals surface area (Å²) in [5.74, 6) is 1.62. The zero-order chi connectivity index (χ0) is 11.4. The smallest absolute Gasteiger partial charge is 0.161 e. The number of aryl methyl sites for hydroxylation is 1. The van der Waals surface area contributed by atoms with Crippen molar-refractivity contribution in [2.45, 2.75) is 12.8 Å². The van der Waals surface area contributed by atoms with Crippen LogP contribution in [0, 0.1) is 0 Å². The van der Waals surface area contributed by atoms with Crippen LogP contribution < -0.4 is 9.47 Å². The van der Waals surface area contributed by atoms with Gasteiger partial charge in [-0.25, -0.2) is 0 Å². The van der Waals surface area contributed by atoms with E-state index in [-0.39, 0.29) is 5.78 Å². The van der Waals surface area contributed by atoms with Gasteiger partial charge in [0.2, 0.25) is 0 Å². The molecule has 3 nitrogen and oxygen atoms in total. The summed E-state index contributed by atoms with van der Waals surface area (Å²) in [7, 11) is 0. The molecule has 0 amide bonds. The van der Waals surface area contributed by atoms with Crippen molar-refractivity contribution in [3.05, 3.63) is 36.4 Å². The van der Waals surface area contributed by atoms with Gasteiger partial charge in [-0.3, -0.25) is 4.79 Å². The van der Waals surface area contributed by atoms with E-state index in [1.165, 1.54) is 6.08 Å². The predicted molar refractivity (Wildman–Crippen MR) is 61.0 cm³/mol. The number of benzene rings is 1. The van der Waals surface area contributed by atoms with Crippen LogP contribution in [0.5, 0.6) is 11.5 Å². The van der Waals surface area contributed by atoms with Crippen molar-refractivity contribution in [1.82, 2.24) is 0 Å². The summed E-state index contributed by atoms with van der Waals surface area (Å²) in [6, 6.07) is 5.79. The average Bonchev–Trinajstić information content (AvgIpc) is 2.35. The van der Waals surface area contributed by atoms with Crippen LogP contribution in [-0.4, -0.2) is 19.0 Å². The molecule has 0 aliphatic carbocycles. The van der Waals surface area contributed by atoms with E-state index in [1.54, 1.807) is 0 Å². The number of carbonyl (C=O) groups excluding carboxylic acids is 1. The molecule has 3 heteroatoms. The van der Waals surface area contributed by atoms with Crippen LogP contribution in [0.1, 0.15) is 12.0 Å². The van der Waals surface area contributed by atoms with Crippen LogP contribution in [0.2, 0.25) is 0 Å². The van der Waals surface area contributed by atoms with Crippen LogP contribution >= 0.6 is 0 Å². The fourth-order valence-corrected chi connectivity index (χ4v) is 1.61. The molecule has 1 aliphatic rings. The van der Waals surface area contributed by atoms with Crippen LogP contribution in [-0.2, 0) is 11.2 Å². The van der Waals surface area contributed by atoms with Crippen LogP contribution in [0.25, 0.3) is 0 Å². The third kappa shape index (κ3) is 2.42. The third-order valence-electron chi connectivity index (χ3n) is 2.49. The molecular weight excluding hydrogens is 204 g/mol. The standard InChI is InChI=1S/C13H14O3/c1-2-11(14)5-3-10-4-6-12-13(9-10)16-8-7-15-12/h2,4,6,9H,1,3,5,7-8H2. The first kappa shape index (κ1) is 10.7. The highest BCUT2D eigenvalue weighted by atomic mass is 16.6. The fraction of sp³-hybridized carbons (Fsp3) is 0.308. The van der Waals surface area contributed by atoms with E-state index in [9.17, 15) is 4.79 Å². The number of ketones is 1. The summed E-state index contributed by atoms with van der Waals surface area (Å²) in [5.41, 5.74) is 1.08. The Morgan fingerprint density at radius 1 is 1.31 bits per heavy atom. The van der Waals surface area contributed by atoms with E-state index < -0.39 is 0 Å². The molecule has 2 rings (SSSR count).